The molecule has 1 aromatic carbocycles. The highest BCUT2D eigenvalue weighted by Crippen LogP contribution is 2.29. The first-order valence-electron chi connectivity index (χ1n) is 7.87. The molecule has 0 amide bonds. The molecule has 0 aliphatic carbocycles. The van der Waals surface area contributed by atoms with Gasteiger partial charge in [-0.2, -0.15) is 0 Å². The largest absolute Gasteiger partial charge is 0.479 e. The van der Waals surface area contributed by atoms with Crippen molar-refractivity contribution in [1.82, 2.24) is 0 Å². The summed E-state index contributed by atoms with van der Waals surface area (Å²) < 4.78 is 16.0. The van der Waals surface area contributed by atoms with Gasteiger partial charge in [0.05, 0.1) is 6.61 Å². The number of hydrogen-bond donors (Lipinski definition) is 0. The average Bonchev–Trinajstić information content (AvgIpc) is 2.51. The van der Waals surface area contributed by atoms with Gasteiger partial charge in [0.1, 0.15) is 11.3 Å². The van der Waals surface area contributed by atoms with E-state index in [-0.39, 0.29) is 5.63 Å². The quantitative estimate of drug-likeness (QED) is 0.603. The maximum Gasteiger partial charge on any atom is 0.347 e. The van der Waals surface area contributed by atoms with Gasteiger partial charge in [-0.1, -0.05) is 13.3 Å². The van der Waals surface area contributed by atoms with Gasteiger partial charge in [0.15, 0.2) is 6.10 Å². The molecule has 1 heterocycles. The third kappa shape index (κ3) is 3.73. The third-order valence-corrected chi connectivity index (χ3v) is 3.64. The second-order valence-electron chi connectivity index (χ2n) is 5.42. The Hall–Kier alpha value is -2.30. The fourth-order valence-electron chi connectivity index (χ4n) is 2.51. The molecule has 0 fully saturated rings. The van der Waals surface area contributed by atoms with E-state index in [1.54, 1.807) is 19.9 Å². The average molecular weight is 318 g/mol. The lowest BCUT2D eigenvalue weighted by Crippen LogP contribution is -2.26. The predicted octanol–water partition coefficient (Wildman–Crippen LogP) is 3.38. The zero-order valence-electron chi connectivity index (χ0n) is 14.0. The zero-order chi connectivity index (χ0) is 17.0. The Morgan fingerprint density at radius 1 is 1.30 bits per heavy atom. The number of fused-ring (bicyclic) bond motifs is 1. The highest BCUT2D eigenvalue weighted by molar-refractivity contribution is 5.85. The van der Waals surface area contributed by atoms with Crippen molar-refractivity contribution in [2.24, 2.45) is 0 Å². The van der Waals surface area contributed by atoms with E-state index in [9.17, 15) is 9.59 Å². The van der Waals surface area contributed by atoms with Gasteiger partial charge < -0.3 is 13.9 Å². The summed E-state index contributed by atoms with van der Waals surface area (Å²) in [7, 11) is 0. The van der Waals surface area contributed by atoms with E-state index in [0.717, 1.165) is 23.8 Å². The minimum atomic E-state index is -0.725. The Labute approximate surface area is 135 Å². The van der Waals surface area contributed by atoms with Crippen LogP contribution in [0.5, 0.6) is 5.75 Å². The third-order valence-electron chi connectivity index (χ3n) is 3.64. The van der Waals surface area contributed by atoms with Crippen LogP contribution < -0.4 is 10.4 Å². The molecule has 0 radical (unpaired) electrons. The van der Waals surface area contributed by atoms with E-state index in [1.165, 1.54) is 6.07 Å². The first-order chi connectivity index (χ1) is 11.0. The normalized spacial score (nSPS) is 12.2. The maximum atomic E-state index is 11.8. The van der Waals surface area contributed by atoms with Crippen LogP contribution in [-0.2, 0) is 16.0 Å². The molecular formula is C18H22O5. The van der Waals surface area contributed by atoms with Crippen LogP contribution in [0, 0.1) is 6.92 Å². The summed E-state index contributed by atoms with van der Waals surface area (Å²) in [5, 5.41) is 0.903. The molecule has 2 rings (SSSR count). The van der Waals surface area contributed by atoms with Crippen molar-refractivity contribution < 1.29 is 18.7 Å². The molecule has 0 unspecified atom stereocenters. The summed E-state index contributed by atoms with van der Waals surface area (Å²) in [6.07, 6.45) is 1.02. The monoisotopic (exact) mass is 318 g/mol. The second kappa shape index (κ2) is 7.31. The molecule has 5 nitrogen and oxygen atoms in total. The Balaban J connectivity index is 2.42. The second-order valence-corrected chi connectivity index (χ2v) is 5.42. The van der Waals surface area contributed by atoms with Crippen LogP contribution in [0.2, 0.25) is 0 Å². The molecule has 0 spiro atoms. The maximum absolute atomic E-state index is 11.8. The van der Waals surface area contributed by atoms with Crippen LogP contribution >= 0.6 is 0 Å². The lowest BCUT2D eigenvalue weighted by Gasteiger charge is -2.16. The van der Waals surface area contributed by atoms with Crippen LogP contribution in [0.1, 0.15) is 38.3 Å². The summed E-state index contributed by atoms with van der Waals surface area (Å²) in [6, 6.07) is 5.20. The molecule has 1 aromatic heterocycles. The van der Waals surface area contributed by atoms with Gasteiger partial charge in [-0.25, -0.2) is 9.59 Å². The predicted molar refractivity (Wildman–Crippen MR) is 87.9 cm³/mol. The number of ether oxygens (including phenoxy) is 2. The van der Waals surface area contributed by atoms with Gasteiger partial charge >= 0.3 is 11.6 Å². The summed E-state index contributed by atoms with van der Waals surface area (Å²) in [4.78, 5) is 23.5. The summed E-state index contributed by atoms with van der Waals surface area (Å²) in [5.41, 5.74) is 1.80. The Kier molecular flexibility index (Phi) is 5.42. The SMILES string of the molecule is CCCc1cc(=O)oc2c(C)c(O[C@@H](C)C(=O)OCC)ccc12. The van der Waals surface area contributed by atoms with Crippen molar-refractivity contribution in [2.75, 3.05) is 6.61 Å². The standard InChI is InChI=1S/C18H22O5/c1-5-7-13-10-16(19)23-17-11(3)15(9-8-14(13)17)22-12(4)18(20)21-6-2/h8-10,12H,5-7H2,1-4H3/t12-/m0/s1. The number of benzene rings is 1. The summed E-state index contributed by atoms with van der Waals surface area (Å²) in [6.45, 7) is 7.56. The van der Waals surface area contributed by atoms with Crippen LogP contribution in [0.4, 0.5) is 0 Å². The lowest BCUT2D eigenvalue weighted by atomic mass is 10.0. The lowest BCUT2D eigenvalue weighted by molar-refractivity contribution is -0.150. The van der Waals surface area contributed by atoms with Crippen LogP contribution in [-0.4, -0.2) is 18.7 Å². The molecule has 0 saturated carbocycles. The summed E-state index contributed by atoms with van der Waals surface area (Å²) in [5.74, 6) is 0.0861. The molecule has 2 aromatic rings. The van der Waals surface area contributed by atoms with E-state index in [1.807, 2.05) is 13.0 Å². The first-order valence-corrected chi connectivity index (χ1v) is 7.87. The molecule has 1 atom stereocenters. The van der Waals surface area contributed by atoms with Crippen LogP contribution in [0.15, 0.2) is 27.4 Å². The molecule has 0 aliphatic rings. The van der Waals surface area contributed by atoms with Gasteiger partial charge in [0, 0.05) is 17.0 Å². The van der Waals surface area contributed by atoms with Crippen molar-refractivity contribution >= 4 is 16.9 Å². The van der Waals surface area contributed by atoms with Gasteiger partial charge in [0.25, 0.3) is 0 Å². The molecule has 0 N–H and O–H groups in total. The number of carbonyl (C=O) groups is 1. The fraction of sp³-hybridized carbons (Fsp3) is 0.444. The van der Waals surface area contributed by atoms with Crippen molar-refractivity contribution in [3.05, 3.63) is 39.7 Å². The smallest absolute Gasteiger partial charge is 0.347 e. The fourth-order valence-corrected chi connectivity index (χ4v) is 2.51. The summed E-state index contributed by atoms with van der Waals surface area (Å²) >= 11 is 0. The number of esters is 1. The minimum absolute atomic E-state index is 0.304. The number of aryl methyl sites for hydroxylation is 2. The van der Waals surface area contributed by atoms with Gasteiger partial charge in [-0.05, 0) is 44.9 Å². The van der Waals surface area contributed by atoms with Crippen LogP contribution in [0.25, 0.3) is 11.0 Å². The van der Waals surface area contributed by atoms with E-state index in [2.05, 4.69) is 6.92 Å². The highest BCUT2D eigenvalue weighted by Gasteiger charge is 2.18. The van der Waals surface area contributed by atoms with Crippen molar-refractivity contribution in [2.45, 2.75) is 46.6 Å². The highest BCUT2D eigenvalue weighted by atomic mass is 16.6. The molecule has 124 valence electrons. The molecule has 0 saturated heterocycles. The number of hydrogen-bond acceptors (Lipinski definition) is 5. The van der Waals surface area contributed by atoms with Crippen molar-refractivity contribution in [1.29, 1.82) is 0 Å². The van der Waals surface area contributed by atoms with Gasteiger partial charge in [-0.3, -0.25) is 0 Å². The molecule has 5 heteroatoms. The van der Waals surface area contributed by atoms with E-state index in [0.29, 0.717) is 23.5 Å². The first kappa shape index (κ1) is 17.1. The Morgan fingerprint density at radius 2 is 2.04 bits per heavy atom. The van der Waals surface area contributed by atoms with E-state index >= 15 is 0 Å². The van der Waals surface area contributed by atoms with E-state index in [4.69, 9.17) is 13.9 Å². The minimum Gasteiger partial charge on any atom is -0.479 e. The Morgan fingerprint density at radius 3 is 2.70 bits per heavy atom. The van der Waals surface area contributed by atoms with Gasteiger partial charge in [0.2, 0.25) is 0 Å². The van der Waals surface area contributed by atoms with Crippen LogP contribution in [0.3, 0.4) is 0 Å². The van der Waals surface area contributed by atoms with Crippen molar-refractivity contribution in [3.8, 4) is 5.75 Å². The van der Waals surface area contributed by atoms with Crippen molar-refractivity contribution in [3.63, 3.8) is 0 Å². The molecule has 0 aliphatic heterocycles. The van der Waals surface area contributed by atoms with Gasteiger partial charge in [-0.15, -0.1) is 0 Å². The van der Waals surface area contributed by atoms with E-state index < -0.39 is 12.1 Å². The zero-order valence-corrected chi connectivity index (χ0v) is 14.0. The molecule has 0 bridgehead atoms. The topological polar surface area (TPSA) is 65.7 Å². The number of rotatable bonds is 6. The number of carbonyl (C=O) groups excluding carboxylic acids is 1. The molecule has 23 heavy (non-hydrogen) atoms. The Bertz CT molecular complexity index is 760. The molecular weight excluding hydrogens is 296 g/mol.